The summed E-state index contributed by atoms with van der Waals surface area (Å²) < 4.78 is 14.8. The normalized spacial score (nSPS) is 15.8. The van der Waals surface area contributed by atoms with Gasteiger partial charge in [0.15, 0.2) is 0 Å². The van der Waals surface area contributed by atoms with Crippen molar-refractivity contribution >= 4 is 31.9 Å². The Morgan fingerprint density at radius 1 is 0.771 bits per heavy atom. The molecule has 1 aromatic rings. The van der Waals surface area contributed by atoms with E-state index in [4.69, 9.17) is 9.47 Å². The minimum absolute atomic E-state index is 0.0351. The smallest absolute Gasteiger partial charge is 0.135 e. The first kappa shape index (κ1) is 34.0. The maximum atomic E-state index is 6.50. The van der Waals surface area contributed by atoms with E-state index in [9.17, 15) is 0 Å². The van der Waals surface area contributed by atoms with E-state index in [-0.39, 0.29) is 22.0 Å². The molecule has 4 heteroatoms. The van der Waals surface area contributed by atoms with E-state index in [1.54, 1.807) is 0 Å². The average molecular weight is 615 g/mol. The molecule has 200 valence electrons. The van der Waals surface area contributed by atoms with Crippen LogP contribution in [0.25, 0.3) is 0 Å². The average Bonchev–Trinajstić information content (AvgIpc) is 2.76. The van der Waals surface area contributed by atoms with Crippen LogP contribution >= 0.6 is 31.9 Å². The molecule has 0 aliphatic rings. The number of ether oxygens (including phenoxy) is 2. The van der Waals surface area contributed by atoms with Crippen molar-refractivity contribution in [3.8, 4) is 11.5 Å². The highest BCUT2D eigenvalue weighted by atomic mass is 79.9. The minimum atomic E-state index is -0.352. The molecule has 0 aromatic heterocycles. The fourth-order valence-corrected chi connectivity index (χ4v) is 5.39. The lowest BCUT2D eigenvalue weighted by atomic mass is 9.77. The topological polar surface area (TPSA) is 18.5 Å². The molecule has 0 fully saturated rings. The molecule has 0 N–H and O–H groups in total. The highest BCUT2D eigenvalue weighted by Gasteiger charge is 2.33. The van der Waals surface area contributed by atoms with Crippen LogP contribution < -0.4 is 9.47 Å². The summed E-state index contributed by atoms with van der Waals surface area (Å²) in [5.74, 6) is 1.61. The summed E-state index contributed by atoms with van der Waals surface area (Å²) in [5, 5.41) is 0. The first-order valence-electron chi connectivity index (χ1n) is 12.9. The lowest BCUT2D eigenvalue weighted by Crippen LogP contribution is -2.35. The third-order valence-electron chi connectivity index (χ3n) is 6.24. The monoisotopic (exact) mass is 612 g/mol. The molecule has 1 aromatic carbocycles. The highest BCUT2D eigenvalue weighted by Crippen LogP contribution is 2.43. The molecule has 2 unspecified atom stereocenters. The van der Waals surface area contributed by atoms with Crippen molar-refractivity contribution in [2.45, 2.75) is 113 Å². The van der Waals surface area contributed by atoms with Gasteiger partial charge in [-0.2, -0.15) is 0 Å². The van der Waals surface area contributed by atoms with Crippen LogP contribution in [0.1, 0.15) is 102 Å². The molecule has 0 spiro atoms. The SMILES string of the molecule is C=C/C=C/C(C)(CC)CC(C)(C)Oc1cc(Br)c(OC(C)(C)CC(C)(/C=C/C)CC)cc1Br.CC. The molecule has 0 heterocycles. The first-order chi connectivity index (χ1) is 16.1. The van der Waals surface area contributed by atoms with Crippen LogP contribution in [0.2, 0.25) is 0 Å². The van der Waals surface area contributed by atoms with Crippen molar-refractivity contribution in [2.75, 3.05) is 0 Å². The Bertz CT molecular complexity index is 854. The van der Waals surface area contributed by atoms with Gasteiger partial charge in [0.05, 0.1) is 8.95 Å². The lowest BCUT2D eigenvalue weighted by molar-refractivity contribution is 0.0584. The predicted molar refractivity (Wildman–Crippen MR) is 163 cm³/mol. The largest absolute Gasteiger partial charge is 0.487 e. The maximum Gasteiger partial charge on any atom is 0.135 e. The van der Waals surface area contributed by atoms with E-state index in [0.717, 1.165) is 46.1 Å². The van der Waals surface area contributed by atoms with Crippen molar-refractivity contribution in [3.63, 3.8) is 0 Å². The van der Waals surface area contributed by atoms with Gasteiger partial charge in [-0.3, -0.25) is 0 Å². The van der Waals surface area contributed by atoms with Crippen LogP contribution in [0, 0.1) is 10.8 Å². The Kier molecular flexibility index (Phi) is 14.2. The van der Waals surface area contributed by atoms with Gasteiger partial charge in [0.1, 0.15) is 22.7 Å². The number of halogens is 2. The van der Waals surface area contributed by atoms with Gasteiger partial charge >= 0.3 is 0 Å². The molecule has 2 atom stereocenters. The molecule has 0 bridgehead atoms. The molecule has 35 heavy (non-hydrogen) atoms. The van der Waals surface area contributed by atoms with Gasteiger partial charge in [-0.25, -0.2) is 0 Å². The van der Waals surface area contributed by atoms with Crippen LogP contribution in [-0.2, 0) is 0 Å². The maximum absolute atomic E-state index is 6.50. The van der Waals surface area contributed by atoms with Crippen LogP contribution in [0.4, 0.5) is 0 Å². The number of rotatable bonds is 13. The zero-order chi connectivity index (χ0) is 27.5. The summed E-state index contributed by atoms with van der Waals surface area (Å²) in [5.41, 5.74) is -0.544. The standard InChI is InChI=1S/C29H44Br2O2.C2H6/c1-11-15-17-29(10,14-4)21-27(7,8)33-25-19-22(30)24(18-23(25)31)32-26(5,6)20-28(9,13-3)16-12-2;1-2/h11-12,15-19H,1,13-14,20-21H2,2-10H3;1-2H3/b16-12+,17-15+;. The molecule has 0 amide bonds. The molecule has 2 nitrogen and oxygen atoms in total. The number of benzene rings is 1. The van der Waals surface area contributed by atoms with Crippen molar-refractivity contribution in [2.24, 2.45) is 10.8 Å². The second-order valence-electron chi connectivity index (χ2n) is 10.9. The van der Waals surface area contributed by atoms with Gasteiger partial charge in [-0.05, 0) is 115 Å². The van der Waals surface area contributed by atoms with E-state index in [2.05, 4.69) is 119 Å². The third-order valence-corrected chi connectivity index (χ3v) is 7.48. The van der Waals surface area contributed by atoms with Gasteiger partial charge in [-0.15, -0.1) is 0 Å². The van der Waals surface area contributed by atoms with Crippen LogP contribution in [-0.4, -0.2) is 11.2 Å². The molecule has 0 radical (unpaired) electrons. The predicted octanol–water partition coefficient (Wildman–Crippen LogP) is 11.5. The van der Waals surface area contributed by atoms with Gasteiger partial charge in [0.2, 0.25) is 0 Å². The molecule has 0 saturated heterocycles. The molecular weight excluding hydrogens is 564 g/mol. The van der Waals surface area contributed by atoms with E-state index >= 15 is 0 Å². The van der Waals surface area contributed by atoms with Gasteiger partial charge in [0, 0.05) is 0 Å². The van der Waals surface area contributed by atoms with Crippen molar-refractivity contribution in [3.05, 3.63) is 58.0 Å². The van der Waals surface area contributed by atoms with Crippen LogP contribution in [0.3, 0.4) is 0 Å². The first-order valence-corrected chi connectivity index (χ1v) is 14.5. The van der Waals surface area contributed by atoms with Gasteiger partial charge in [0.25, 0.3) is 0 Å². The van der Waals surface area contributed by atoms with E-state index in [0.29, 0.717) is 0 Å². The fraction of sp³-hybridized carbons (Fsp3) is 0.613. The lowest BCUT2D eigenvalue weighted by Gasteiger charge is -2.37. The number of hydrogen-bond donors (Lipinski definition) is 0. The highest BCUT2D eigenvalue weighted by molar-refractivity contribution is 9.11. The third kappa shape index (κ3) is 11.7. The Morgan fingerprint density at radius 3 is 1.46 bits per heavy atom. The second-order valence-corrected chi connectivity index (χ2v) is 12.6. The molecular formula is C31H50Br2O2. The van der Waals surface area contributed by atoms with Crippen LogP contribution in [0.15, 0.2) is 58.0 Å². The molecule has 0 aliphatic carbocycles. The van der Waals surface area contributed by atoms with Gasteiger partial charge < -0.3 is 9.47 Å². The number of allylic oxidation sites excluding steroid dienone is 5. The zero-order valence-corrected chi connectivity index (χ0v) is 27.3. The van der Waals surface area contributed by atoms with Gasteiger partial charge in [-0.1, -0.05) is 78.5 Å². The second kappa shape index (κ2) is 14.7. The van der Waals surface area contributed by atoms with Crippen molar-refractivity contribution in [1.82, 2.24) is 0 Å². The summed E-state index contributed by atoms with van der Waals surface area (Å²) in [6.45, 7) is 27.5. The summed E-state index contributed by atoms with van der Waals surface area (Å²) in [6.07, 6.45) is 14.4. The summed E-state index contributed by atoms with van der Waals surface area (Å²) in [4.78, 5) is 0. The molecule has 0 saturated carbocycles. The minimum Gasteiger partial charge on any atom is -0.487 e. The molecule has 1 rings (SSSR count). The van der Waals surface area contributed by atoms with Crippen molar-refractivity contribution < 1.29 is 9.47 Å². The Hall–Kier alpha value is -1.000. The molecule has 0 aliphatic heterocycles. The van der Waals surface area contributed by atoms with E-state index < -0.39 is 0 Å². The Morgan fingerprint density at radius 2 is 1.14 bits per heavy atom. The van der Waals surface area contributed by atoms with E-state index in [1.165, 1.54) is 0 Å². The van der Waals surface area contributed by atoms with Crippen molar-refractivity contribution in [1.29, 1.82) is 0 Å². The van der Waals surface area contributed by atoms with E-state index in [1.807, 2.05) is 38.1 Å². The summed E-state index contributed by atoms with van der Waals surface area (Å²) >= 11 is 7.43. The number of hydrogen-bond acceptors (Lipinski definition) is 2. The summed E-state index contributed by atoms with van der Waals surface area (Å²) in [7, 11) is 0. The Balaban J connectivity index is 0.00000562. The summed E-state index contributed by atoms with van der Waals surface area (Å²) in [6, 6.07) is 4.01. The zero-order valence-electron chi connectivity index (χ0n) is 24.1. The fourth-order valence-electron chi connectivity index (χ4n) is 4.59. The Labute approximate surface area is 233 Å². The van der Waals surface area contributed by atoms with Crippen LogP contribution in [0.5, 0.6) is 11.5 Å². The quantitative estimate of drug-likeness (QED) is 0.163.